The molecule has 0 saturated heterocycles. The summed E-state index contributed by atoms with van der Waals surface area (Å²) < 4.78 is 0. The molecule has 0 aliphatic heterocycles. The maximum atomic E-state index is 4.56. The number of hydrogen-bond acceptors (Lipinski definition) is 1. The van der Waals surface area contributed by atoms with Gasteiger partial charge in [-0.2, -0.15) is 0 Å². The Morgan fingerprint density at radius 2 is 1.62 bits per heavy atom. The molecule has 0 amide bonds. The van der Waals surface area contributed by atoms with E-state index in [0.29, 0.717) is 0 Å². The molecule has 0 bridgehead atoms. The van der Waals surface area contributed by atoms with Gasteiger partial charge in [-0.1, -0.05) is 33.6 Å². The predicted molar refractivity (Wildman–Crippen MR) is 61.6 cm³/mol. The predicted octanol–water partition coefficient (Wildman–Crippen LogP) is 4.07. The summed E-state index contributed by atoms with van der Waals surface area (Å²) in [5, 5.41) is 0. The lowest BCUT2D eigenvalue weighted by Crippen LogP contribution is -2.18. The molecule has 1 heteroatoms. The highest BCUT2D eigenvalue weighted by atomic mass is 14.8. The molecule has 0 saturated carbocycles. The molecule has 0 heterocycles. The Hall–Kier alpha value is -0.330. The lowest BCUT2D eigenvalue weighted by atomic mass is 9.88. The van der Waals surface area contributed by atoms with E-state index in [2.05, 4.69) is 52.7 Å². The zero-order chi connectivity index (χ0) is 10.5. The quantitative estimate of drug-likeness (QED) is 0.583. The van der Waals surface area contributed by atoms with Crippen LogP contribution in [-0.2, 0) is 0 Å². The molecule has 78 valence electrons. The first-order valence-corrected chi connectivity index (χ1v) is 5.33. The molecule has 0 rings (SSSR count). The third-order valence-corrected chi connectivity index (χ3v) is 1.98. The molecule has 0 spiro atoms. The van der Waals surface area contributed by atoms with Gasteiger partial charge in [0.1, 0.15) is 0 Å². The zero-order valence-corrected chi connectivity index (χ0v) is 10.1. The normalized spacial score (nSPS) is 14.0. The molecule has 0 aromatic carbocycles. The van der Waals surface area contributed by atoms with Crippen molar-refractivity contribution in [3.63, 3.8) is 0 Å². The van der Waals surface area contributed by atoms with Crippen molar-refractivity contribution in [3.05, 3.63) is 0 Å². The Morgan fingerprint density at radius 1 is 1.08 bits per heavy atom. The summed E-state index contributed by atoms with van der Waals surface area (Å²) in [4.78, 5) is 4.56. The minimum absolute atomic E-state index is 0.0729. The summed E-state index contributed by atoms with van der Waals surface area (Å²) in [7, 11) is 0. The maximum absolute atomic E-state index is 4.56. The molecular weight excluding hydrogens is 158 g/mol. The van der Waals surface area contributed by atoms with Crippen molar-refractivity contribution in [3.8, 4) is 0 Å². The fourth-order valence-electron chi connectivity index (χ4n) is 1.07. The van der Waals surface area contributed by atoms with E-state index in [4.69, 9.17) is 0 Å². The molecule has 0 atom stereocenters. The Balaban J connectivity index is 4.08. The Bertz CT molecular complexity index is 160. The van der Waals surface area contributed by atoms with Crippen LogP contribution < -0.4 is 0 Å². The summed E-state index contributed by atoms with van der Waals surface area (Å²) in [6, 6.07) is 0. The van der Waals surface area contributed by atoms with Crippen LogP contribution in [0.3, 0.4) is 0 Å². The third kappa shape index (κ3) is 8.01. The average molecular weight is 183 g/mol. The van der Waals surface area contributed by atoms with Crippen molar-refractivity contribution < 1.29 is 0 Å². The molecule has 0 aliphatic carbocycles. The van der Waals surface area contributed by atoms with Crippen LogP contribution in [0.1, 0.15) is 60.8 Å². The van der Waals surface area contributed by atoms with Crippen LogP contribution >= 0.6 is 0 Å². The Morgan fingerprint density at radius 3 is 2.00 bits per heavy atom. The molecule has 0 unspecified atom stereocenters. The number of hydrogen-bond donors (Lipinski definition) is 0. The van der Waals surface area contributed by atoms with Crippen LogP contribution in [0.5, 0.6) is 0 Å². The van der Waals surface area contributed by atoms with Gasteiger partial charge in [0, 0.05) is 6.21 Å². The van der Waals surface area contributed by atoms with Gasteiger partial charge in [-0.25, -0.2) is 0 Å². The van der Waals surface area contributed by atoms with Crippen LogP contribution in [0.2, 0.25) is 0 Å². The second-order valence-electron chi connectivity index (χ2n) is 5.52. The highest BCUT2D eigenvalue weighted by molar-refractivity contribution is 5.65. The topological polar surface area (TPSA) is 12.4 Å². The van der Waals surface area contributed by atoms with Crippen molar-refractivity contribution in [2.45, 2.75) is 66.3 Å². The number of aliphatic imine (C=N–C) groups is 1. The molecule has 0 fully saturated rings. The van der Waals surface area contributed by atoms with Crippen molar-refractivity contribution in [2.24, 2.45) is 10.4 Å². The van der Waals surface area contributed by atoms with E-state index in [0.717, 1.165) is 0 Å². The summed E-state index contributed by atoms with van der Waals surface area (Å²) in [5.41, 5.74) is 0.340. The molecular formula is C12H25N. The first kappa shape index (κ1) is 12.7. The lowest BCUT2D eigenvalue weighted by molar-refractivity contribution is 0.455. The van der Waals surface area contributed by atoms with Crippen LogP contribution in [-0.4, -0.2) is 11.8 Å². The van der Waals surface area contributed by atoms with Crippen molar-refractivity contribution in [2.75, 3.05) is 0 Å². The number of rotatable bonds is 4. The monoisotopic (exact) mass is 183 g/mol. The van der Waals surface area contributed by atoms with E-state index < -0.39 is 0 Å². The number of unbranched alkanes of at least 4 members (excludes halogenated alkanes) is 1. The van der Waals surface area contributed by atoms with Crippen molar-refractivity contribution in [1.29, 1.82) is 0 Å². The van der Waals surface area contributed by atoms with Gasteiger partial charge in [0.15, 0.2) is 0 Å². The summed E-state index contributed by atoms with van der Waals surface area (Å²) in [5.74, 6) is 0. The zero-order valence-electron chi connectivity index (χ0n) is 10.1. The lowest BCUT2D eigenvalue weighted by Gasteiger charge is -2.21. The number of nitrogens with zero attached hydrogens (tertiary/aromatic N) is 1. The molecule has 0 N–H and O–H groups in total. The standard InChI is InChI=1S/C12H25N/c1-7-8-9-12(5,6)10-13-11(2,3)4/h10H,7-9H2,1-6H3/b13-10-. The van der Waals surface area contributed by atoms with Gasteiger partial charge >= 0.3 is 0 Å². The minimum atomic E-state index is 0.0729. The van der Waals surface area contributed by atoms with E-state index in [1.807, 2.05) is 0 Å². The van der Waals surface area contributed by atoms with Crippen LogP contribution in [0.4, 0.5) is 0 Å². The van der Waals surface area contributed by atoms with E-state index >= 15 is 0 Å². The van der Waals surface area contributed by atoms with Gasteiger partial charge in [-0.3, -0.25) is 4.99 Å². The highest BCUT2D eigenvalue weighted by Crippen LogP contribution is 2.21. The van der Waals surface area contributed by atoms with E-state index in [9.17, 15) is 0 Å². The molecule has 0 radical (unpaired) electrons. The second kappa shape index (κ2) is 4.78. The van der Waals surface area contributed by atoms with E-state index in [-0.39, 0.29) is 11.0 Å². The van der Waals surface area contributed by atoms with Gasteiger partial charge in [-0.05, 0) is 32.6 Å². The first-order chi connectivity index (χ1) is 5.77. The van der Waals surface area contributed by atoms with Gasteiger partial charge in [0.05, 0.1) is 5.54 Å². The van der Waals surface area contributed by atoms with Gasteiger partial charge < -0.3 is 0 Å². The molecule has 0 aromatic heterocycles. The molecule has 1 nitrogen and oxygen atoms in total. The van der Waals surface area contributed by atoms with Crippen molar-refractivity contribution >= 4 is 6.21 Å². The third-order valence-electron chi connectivity index (χ3n) is 1.98. The highest BCUT2D eigenvalue weighted by Gasteiger charge is 2.15. The average Bonchev–Trinajstić information content (AvgIpc) is 1.97. The Kier molecular flexibility index (Phi) is 4.66. The SMILES string of the molecule is CCCCC(C)(C)/C=N\C(C)(C)C. The summed E-state index contributed by atoms with van der Waals surface area (Å²) >= 11 is 0. The summed E-state index contributed by atoms with van der Waals surface area (Å²) in [6.45, 7) is 13.2. The Labute approximate surface area is 83.6 Å². The molecule has 13 heavy (non-hydrogen) atoms. The first-order valence-electron chi connectivity index (χ1n) is 5.33. The van der Waals surface area contributed by atoms with Gasteiger partial charge in [-0.15, -0.1) is 0 Å². The fraction of sp³-hybridized carbons (Fsp3) is 0.917. The smallest absolute Gasteiger partial charge is 0.0520 e. The largest absolute Gasteiger partial charge is 0.291 e. The van der Waals surface area contributed by atoms with Crippen molar-refractivity contribution in [1.82, 2.24) is 0 Å². The van der Waals surface area contributed by atoms with E-state index in [1.165, 1.54) is 19.3 Å². The van der Waals surface area contributed by atoms with Crippen LogP contribution in [0.15, 0.2) is 4.99 Å². The second-order valence-corrected chi connectivity index (χ2v) is 5.52. The van der Waals surface area contributed by atoms with Crippen LogP contribution in [0.25, 0.3) is 0 Å². The van der Waals surface area contributed by atoms with Crippen LogP contribution in [0, 0.1) is 5.41 Å². The molecule has 0 aliphatic rings. The van der Waals surface area contributed by atoms with E-state index in [1.54, 1.807) is 0 Å². The molecule has 0 aromatic rings. The maximum Gasteiger partial charge on any atom is 0.0520 e. The summed E-state index contributed by atoms with van der Waals surface area (Å²) in [6.07, 6.45) is 5.93. The minimum Gasteiger partial charge on any atom is -0.291 e. The van der Waals surface area contributed by atoms with Gasteiger partial charge in [0.2, 0.25) is 0 Å². The van der Waals surface area contributed by atoms with Gasteiger partial charge in [0.25, 0.3) is 0 Å². The fourth-order valence-corrected chi connectivity index (χ4v) is 1.07.